The summed E-state index contributed by atoms with van der Waals surface area (Å²) in [7, 11) is 0. The van der Waals surface area contributed by atoms with Crippen LogP contribution in [-0.4, -0.2) is 26.7 Å². The largest absolute Gasteiger partial charge is 0.353 e. The number of imidazole rings is 1. The minimum atomic E-state index is 0.614. The molecule has 2 heterocycles. The number of pyridine rings is 1. The number of rotatable bonds is 6. The fourth-order valence-corrected chi connectivity index (χ4v) is 2.54. The van der Waals surface area contributed by atoms with Crippen LogP contribution in [0.25, 0.3) is 11.1 Å². The molecule has 5 heteroatoms. The molecule has 0 bridgehead atoms. The highest BCUT2D eigenvalue weighted by Crippen LogP contribution is 2.29. The van der Waals surface area contributed by atoms with Gasteiger partial charge in [-0.2, -0.15) is 0 Å². The molecule has 0 saturated heterocycles. The number of aryl methyl sites for hydroxylation is 2. The third kappa shape index (κ3) is 2.63. The molecule has 0 aromatic carbocycles. The molecule has 1 aromatic heterocycles. The first kappa shape index (κ1) is 13.3. The predicted molar refractivity (Wildman–Crippen MR) is 78.7 cm³/mol. The first-order chi connectivity index (χ1) is 10.3. The molecule has 106 valence electrons. The van der Waals surface area contributed by atoms with Crippen molar-refractivity contribution in [3.63, 3.8) is 0 Å². The molecule has 21 heavy (non-hydrogen) atoms. The summed E-state index contributed by atoms with van der Waals surface area (Å²) in [6.07, 6.45) is 11.8. The van der Waals surface area contributed by atoms with Gasteiger partial charge in [-0.05, 0) is 12.0 Å². The lowest BCUT2D eigenvalue weighted by atomic mass is 10.1. The number of hydrogen-bond donors (Lipinski definition) is 0. The molecule has 0 radical (unpaired) electrons. The summed E-state index contributed by atoms with van der Waals surface area (Å²) in [5.41, 5.74) is 2.90. The van der Waals surface area contributed by atoms with Crippen molar-refractivity contribution in [2.75, 3.05) is 0 Å². The van der Waals surface area contributed by atoms with Crippen LogP contribution in [0, 0.1) is 0 Å². The lowest BCUT2D eigenvalue weighted by Gasteiger charge is -2.12. The van der Waals surface area contributed by atoms with Crippen molar-refractivity contribution in [1.82, 2.24) is 14.1 Å². The van der Waals surface area contributed by atoms with Crippen LogP contribution >= 0.6 is 0 Å². The van der Waals surface area contributed by atoms with E-state index in [0.717, 1.165) is 43.2 Å². The fourth-order valence-electron chi connectivity index (χ4n) is 2.54. The maximum Gasteiger partial charge on any atom is 0.152 e. The minimum Gasteiger partial charge on any atom is -0.353 e. The van der Waals surface area contributed by atoms with Gasteiger partial charge in [0.1, 0.15) is 0 Å². The molecule has 0 saturated carbocycles. The molecular weight excluding hydrogens is 266 g/mol. The van der Waals surface area contributed by atoms with E-state index in [1.54, 1.807) is 18.6 Å². The molecule has 0 amide bonds. The van der Waals surface area contributed by atoms with E-state index in [1.165, 1.54) is 0 Å². The number of fused-ring (bicyclic) bond motifs is 1. The second-order valence-corrected chi connectivity index (χ2v) is 4.96. The molecule has 0 atom stereocenters. The van der Waals surface area contributed by atoms with Crippen molar-refractivity contribution in [2.45, 2.75) is 19.5 Å². The molecule has 0 spiro atoms. The van der Waals surface area contributed by atoms with E-state index in [0.29, 0.717) is 11.1 Å². The van der Waals surface area contributed by atoms with Crippen molar-refractivity contribution in [3.8, 4) is 11.1 Å². The van der Waals surface area contributed by atoms with E-state index in [4.69, 9.17) is 0 Å². The quantitative estimate of drug-likeness (QED) is 0.652. The van der Waals surface area contributed by atoms with Crippen molar-refractivity contribution < 1.29 is 9.59 Å². The zero-order valence-electron chi connectivity index (χ0n) is 11.5. The molecule has 0 N–H and O–H groups in total. The van der Waals surface area contributed by atoms with Gasteiger partial charge in [-0.25, -0.2) is 4.98 Å². The van der Waals surface area contributed by atoms with Gasteiger partial charge in [0, 0.05) is 54.6 Å². The summed E-state index contributed by atoms with van der Waals surface area (Å²) in [6.45, 7) is 1.64. The molecule has 2 aliphatic rings. The molecule has 3 rings (SSSR count). The summed E-state index contributed by atoms with van der Waals surface area (Å²) in [4.78, 5) is 26.3. The summed E-state index contributed by atoms with van der Waals surface area (Å²) < 4.78 is 3.98. The maximum atomic E-state index is 11.2. The van der Waals surface area contributed by atoms with E-state index in [2.05, 4.69) is 4.98 Å². The molecule has 1 aromatic rings. The average molecular weight is 281 g/mol. The van der Waals surface area contributed by atoms with Crippen LogP contribution in [0.2, 0.25) is 0 Å². The van der Waals surface area contributed by atoms with E-state index in [-0.39, 0.29) is 0 Å². The Hall–Kier alpha value is -2.69. The summed E-state index contributed by atoms with van der Waals surface area (Å²) in [5, 5.41) is 0. The Bertz CT molecular complexity index is 728. The molecule has 0 fully saturated rings. The van der Waals surface area contributed by atoms with E-state index in [9.17, 15) is 9.59 Å². The van der Waals surface area contributed by atoms with Gasteiger partial charge in [0.25, 0.3) is 0 Å². The summed E-state index contributed by atoms with van der Waals surface area (Å²) in [6, 6.07) is 3.57. The SMILES string of the molecule is O=Cc1cn(CCCn2ccnc2)cc2c(C=O)ccc1-2. The van der Waals surface area contributed by atoms with Crippen molar-refractivity contribution in [3.05, 3.63) is 54.4 Å². The highest BCUT2D eigenvalue weighted by molar-refractivity contribution is 5.96. The van der Waals surface area contributed by atoms with Crippen LogP contribution < -0.4 is 0 Å². The van der Waals surface area contributed by atoms with Crippen LogP contribution in [0.5, 0.6) is 0 Å². The smallest absolute Gasteiger partial charge is 0.152 e. The molecular formula is C16H15N3O2. The Morgan fingerprint density at radius 2 is 1.76 bits per heavy atom. The van der Waals surface area contributed by atoms with Gasteiger partial charge in [0.2, 0.25) is 0 Å². The zero-order chi connectivity index (χ0) is 14.7. The Balaban J connectivity index is 1.82. The summed E-state index contributed by atoms with van der Waals surface area (Å²) >= 11 is 0. The van der Waals surface area contributed by atoms with Crippen LogP contribution in [0.15, 0.2) is 43.2 Å². The van der Waals surface area contributed by atoms with Gasteiger partial charge in [0.15, 0.2) is 12.6 Å². The van der Waals surface area contributed by atoms with Gasteiger partial charge in [-0.1, -0.05) is 12.1 Å². The average Bonchev–Trinajstić information content (AvgIpc) is 3.15. The monoisotopic (exact) mass is 281 g/mol. The van der Waals surface area contributed by atoms with Gasteiger partial charge in [0.05, 0.1) is 6.33 Å². The van der Waals surface area contributed by atoms with Gasteiger partial charge in [-0.3, -0.25) is 9.59 Å². The number of hydrogen-bond acceptors (Lipinski definition) is 3. The highest BCUT2D eigenvalue weighted by Gasteiger charge is 2.14. The van der Waals surface area contributed by atoms with Gasteiger partial charge >= 0.3 is 0 Å². The number of nitrogens with zero attached hydrogens (tertiary/aromatic N) is 3. The Labute approximate surface area is 122 Å². The van der Waals surface area contributed by atoms with Crippen LogP contribution in [-0.2, 0) is 13.1 Å². The summed E-state index contributed by atoms with van der Waals surface area (Å²) in [5.74, 6) is 0. The number of aromatic nitrogens is 3. The highest BCUT2D eigenvalue weighted by atomic mass is 16.1. The van der Waals surface area contributed by atoms with Crippen LogP contribution in [0.3, 0.4) is 0 Å². The van der Waals surface area contributed by atoms with E-state index >= 15 is 0 Å². The molecule has 5 nitrogen and oxygen atoms in total. The Kier molecular flexibility index (Phi) is 3.64. The number of carbonyl (C=O) groups excluding carboxylic acids is 2. The first-order valence-corrected chi connectivity index (χ1v) is 6.80. The number of aldehydes is 2. The van der Waals surface area contributed by atoms with Crippen molar-refractivity contribution >= 4 is 12.6 Å². The van der Waals surface area contributed by atoms with Crippen LogP contribution in [0.1, 0.15) is 27.1 Å². The molecule has 1 aliphatic heterocycles. The lowest BCUT2D eigenvalue weighted by Crippen LogP contribution is -2.06. The predicted octanol–water partition coefficient (Wildman–Crippen LogP) is 2.50. The van der Waals surface area contributed by atoms with Gasteiger partial charge in [-0.15, -0.1) is 0 Å². The standard InChI is InChI=1S/C16H15N3O2/c20-10-13-2-3-15-14(11-21)8-19(9-16(13)15)6-1-5-18-7-4-17-12-18/h2-4,7-12H,1,5-6H2. The topological polar surface area (TPSA) is 56.9 Å². The molecule has 1 aliphatic carbocycles. The minimum absolute atomic E-state index is 0.614. The lowest BCUT2D eigenvalue weighted by molar-refractivity contribution is 0.111. The molecule has 0 unspecified atom stereocenters. The number of carbonyl (C=O) groups is 2. The van der Waals surface area contributed by atoms with Crippen molar-refractivity contribution in [2.24, 2.45) is 0 Å². The Morgan fingerprint density at radius 3 is 2.48 bits per heavy atom. The second-order valence-electron chi connectivity index (χ2n) is 4.96. The first-order valence-electron chi connectivity index (χ1n) is 6.80. The maximum absolute atomic E-state index is 11.2. The van der Waals surface area contributed by atoms with Crippen LogP contribution in [0.4, 0.5) is 0 Å². The third-order valence-electron chi connectivity index (χ3n) is 3.59. The second kappa shape index (κ2) is 5.75. The third-order valence-corrected chi connectivity index (χ3v) is 3.59. The normalized spacial score (nSPS) is 10.9. The van der Waals surface area contributed by atoms with Gasteiger partial charge < -0.3 is 9.13 Å². The van der Waals surface area contributed by atoms with E-state index < -0.39 is 0 Å². The van der Waals surface area contributed by atoms with Crippen molar-refractivity contribution in [1.29, 1.82) is 0 Å². The fraction of sp³-hybridized carbons (Fsp3) is 0.188. The van der Waals surface area contributed by atoms with E-state index in [1.807, 2.05) is 33.8 Å². The zero-order valence-corrected chi connectivity index (χ0v) is 11.5. The Morgan fingerprint density at radius 1 is 0.952 bits per heavy atom.